The molecular weight excluding hydrogens is 188 g/mol. The zero-order valence-corrected chi connectivity index (χ0v) is 7.98. The molecule has 3 N–H and O–H groups in total. The minimum absolute atomic E-state index is 0.0994. The van der Waals surface area contributed by atoms with E-state index in [0.29, 0.717) is 26.1 Å². The maximum Gasteiger partial charge on any atom is 0.309 e. The Labute approximate surface area is 82.3 Å². The topological polar surface area (TPSA) is 87.0 Å². The molecule has 82 valence electrons. The third-order valence-electron chi connectivity index (χ3n) is 2.74. The second kappa shape index (κ2) is 4.72. The van der Waals surface area contributed by atoms with Crippen LogP contribution in [0.25, 0.3) is 0 Å². The number of aliphatic hydroxyl groups excluding tert-OH is 2. The van der Waals surface area contributed by atoms with Gasteiger partial charge in [-0.2, -0.15) is 0 Å². The molecule has 1 rings (SSSR count). The van der Waals surface area contributed by atoms with Crippen LogP contribution in [0.15, 0.2) is 0 Å². The molecule has 0 aromatic rings. The van der Waals surface area contributed by atoms with Gasteiger partial charge in [0.15, 0.2) is 0 Å². The van der Waals surface area contributed by atoms with Gasteiger partial charge in [0.2, 0.25) is 0 Å². The Balaban J connectivity index is 2.65. The van der Waals surface area contributed by atoms with Gasteiger partial charge in [0.1, 0.15) is 0 Å². The Morgan fingerprint density at radius 1 is 1.43 bits per heavy atom. The fourth-order valence-electron chi connectivity index (χ4n) is 1.78. The molecule has 0 aromatic heterocycles. The summed E-state index contributed by atoms with van der Waals surface area (Å²) in [4.78, 5) is 11.1. The number of hydrogen-bond donors (Lipinski definition) is 3. The third kappa shape index (κ3) is 2.43. The smallest absolute Gasteiger partial charge is 0.309 e. The standard InChI is InChI=1S/C9H16O5/c10-6-7(11)5-9(8(12)13)1-3-14-4-2-9/h7,10-11H,1-6H2,(H,12,13). The Morgan fingerprint density at radius 2 is 2.00 bits per heavy atom. The van der Waals surface area contributed by atoms with Crippen LogP contribution >= 0.6 is 0 Å². The molecule has 1 aliphatic rings. The van der Waals surface area contributed by atoms with Crippen molar-refractivity contribution < 1.29 is 24.9 Å². The molecule has 1 heterocycles. The van der Waals surface area contributed by atoms with Gasteiger partial charge in [0.05, 0.1) is 18.1 Å². The van der Waals surface area contributed by atoms with Crippen molar-refractivity contribution in [3.63, 3.8) is 0 Å². The first-order valence-corrected chi connectivity index (χ1v) is 4.71. The summed E-state index contributed by atoms with van der Waals surface area (Å²) in [5.41, 5.74) is -0.916. The predicted molar refractivity (Wildman–Crippen MR) is 47.8 cm³/mol. The highest BCUT2D eigenvalue weighted by molar-refractivity contribution is 5.74. The summed E-state index contributed by atoms with van der Waals surface area (Å²) in [6.45, 7) is 0.421. The van der Waals surface area contributed by atoms with Crippen LogP contribution < -0.4 is 0 Å². The number of rotatable bonds is 4. The molecule has 1 fully saturated rings. The van der Waals surface area contributed by atoms with Crippen molar-refractivity contribution in [1.82, 2.24) is 0 Å². The zero-order valence-electron chi connectivity index (χ0n) is 7.98. The van der Waals surface area contributed by atoms with E-state index in [1.165, 1.54) is 0 Å². The van der Waals surface area contributed by atoms with Gasteiger partial charge in [0.25, 0.3) is 0 Å². The summed E-state index contributed by atoms with van der Waals surface area (Å²) < 4.78 is 5.08. The lowest BCUT2D eigenvalue weighted by atomic mass is 9.76. The molecule has 1 saturated heterocycles. The summed E-state index contributed by atoms with van der Waals surface area (Å²) in [5, 5.41) is 27.0. The first-order chi connectivity index (χ1) is 6.60. The molecule has 1 atom stereocenters. The Hall–Kier alpha value is -0.650. The van der Waals surface area contributed by atoms with Crippen molar-refractivity contribution in [2.75, 3.05) is 19.8 Å². The highest BCUT2D eigenvalue weighted by atomic mass is 16.5. The second-order valence-electron chi connectivity index (χ2n) is 3.74. The van der Waals surface area contributed by atoms with Crippen molar-refractivity contribution in [2.45, 2.75) is 25.4 Å². The summed E-state index contributed by atoms with van der Waals surface area (Å²) in [6, 6.07) is 0. The predicted octanol–water partition coefficient (Wildman–Crippen LogP) is -0.389. The SMILES string of the molecule is O=C(O)C1(CC(O)CO)CCOCC1. The number of aliphatic hydroxyl groups is 2. The first kappa shape index (κ1) is 11.4. The van der Waals surface area contributed by atoms with Crippen LogP contribution in [-0.4, -0.2) is 47.2 Å². The quantitative estimate of drug-likeness (QED) is 0.580. The molecule has 0 spiro atoms. The summed E-state index contributed by atoms with van der Waals surface area (Å²) in [7, 11) is 0. The van der Waals surface area contributed by atoms with Crippen LogP contribution in [0.3, 0.4) is 0 Å². The average Bonchev–Trinajstić information content (AvgIpc) is 2.19. The number of carbonyl (C=O) groups is 1. The van der Waals surface area contributed by atoms with Gasteiger partial charge >= 0.3 is 5.97 Å². The lowest BCUT2D eigenvalue weighted by Gasteiger charge is -2.34. The van der Waals surface area contributed by atoms with Gasteiger partial charge in [-0.25, -0.2) is 0 Å². The molecule has 5 nitrogen and oxygen atoms in total. The second-order valence-corrected chi connectivity index (χ2v) is 3.74. The van der Waals surface area contributed by atoms with Crippen LogP contribution in [0.5, 0.6) is 0 Å². The number of carboxylic acid groups (broad SMARTS) is 1. The summed E-state index contributed by atoms with van der Waals surface area (Å²) >= 11 is 0. The number of hydrogen-bond acceptors (Lipinski definition) is 4. The monoisotopic (exact) mass is 204 g/mol. The van der Waals surface area contributed by atoms with Crippen molar-refractivity contribution >= 4 is 5.97 Å². The van der Waals surface area contributed by atoms with Crippen molar-refractivity contribution in [3.05, 3.63) is 0 Å². The molecule has 0 aliphatic carbocycles. The van der Waals surface area contributed by atoms with Crippen molar-refractivity contribution in [1.29, 1.82) is 0 Å². The van der Waals surface area contributed by atoms with Gasteiger partial charge in [0, 0.05) is 13.2 Å². The highest BCUT2D eigenvalue weighted by Gasteiger charge is 2.41. The Kier molecular flexibility index (Phi) is 3.86. The molecule has 0 saturated carbocycles. The number of carboxylic acids is 1. The molecule has 14 heavy (non-hydrogen) atoms. The van der Waals surface area contributed by atoms with E-state index in [2.05, 4.69) is 0 Å². The maximum atomic E-state index is 11.1. The van der Waals surface area contributed by atoms with E-state index < -0.39 is 24.1 Å². The van der Waals surface area contributed by atoms with Gasteiger partial charge in [-0.1, -0.05) is 0 Å². The fraction of sp³-hybridized carbons (Fsp3) is 0.889. The summed E-state index contributed by atoms with van der Waals surface area (Å²) in [6.07, 6.45) is -0.0507. The van der Waals surface area contributed by atoms with E-state index in [4.69, 9.17) is 14.9 Å². The molecule has 5 heteroatoms. The Morgan fingerprint density at radius 3 is 2.43 bits per heavy atom. The van der Waals surface area contributed by atoms with E-state index >= 15 is 0 Å². The minimum Gasteiger partial charge on any atom is -0.481 e. The largest absolute Gasteiger partial charge is 0.481 e. The van der Waals surface area contributed by atoms with E-state index in [1.54, 1.807) is 0 Å². The normalized spacial score (nSPS) is 23.0. The van der Waals surface area contributed by atoms with Gasteiger partial charge in [-0.05, 0) is 19.3 Å². The third-order valence-corrected chi connectivity index (χ3v) is 2.74. The molecular formula is C9H16O5. The van der Waals surface area contributed by atoms with Crippen LogP contribution in [0.2, 0.25) is 0 Å². The van der Waals surface area contributed by atoms with Gasteiger partial charge in [-0.15, -0.1) is 0 Å². The van der Waals surface area contributed by atoms with E-state index in [-0.39, 0.29) is 6.42 Å². The lowest BCUT2D eigenvalue weighted by molar-refractivity contribution is -0.158. The molecule has 0 amide bonds. The van der Waals surface area contributed by atoms with Crippen LogP contribution in [0.1, 0.15) is 19.3 Å². The highest BCUT2D eigenvalue weighted by Crippen LogP contribution is 2.35. The Bertz CT molecular complexity index is 197. The van der Waals surface area contributed by atoms with E-state index in [1.807, 2.05) is 0 Å². The average molecular weight is 204 g/mol. The van der Waals surface area contributed by atoms with E-state index in [9.17, 15) is 9.90 Å². The molecule has 1 unspecified atom stereocenters. The summed E-state index contributed by atoms with van der Waals surface area (Å²) in [5.74, 6) is -0.909. The van der Waals surface area contributed by atoms with Crippen molar-refractivity contribution in [2.24, 2.45) is 5.41 Å². The number of aliphatic carboxylic acids is 1. The zero-order chi connectivity index (χ0) is 10.6. The molecule has 0 bridgehead atoms. The van der Waals surface area contributed by atoms with Crippen molar-refractivity contribution in [3.8, 4) is 0 Å². The molecule has 1 aliphatic heterocycles. The van der Waals surface area contributed by atoms with Gasteiger partial charge < -0.3 is 20.1 Å². The van der Waals surface area contributed by atoms with E-state index in [0.717, 1.165) is 0 Å². The van der Waals surface area contributed by atoms with Crippen LogP contribution in [-0.2, 0) is 9.53 Å². The molecule has 0 radical (unpaired) electrons. The lowest BCUT2D eigenvalue weighted by Crippen LogP contribution is -2.40. The molecule has 0 aromatic carbocycles. The minimum atomic E-state index is -0.954. The van der Waals surface area contributed by atoms with Gasteiger partial charge in [-0.3, -0.25) is 4.79 Å². The number of ether oxygens (including phenoxy) is 1. The fourth-order valence-corrected chi connectivity index (χ4v) is 1.78. The van der Waals surface area contributed by atoms with Crippen LogP contribution in [0, 0.1) is 5.41 Å². The maximum absolute atomic E-state index is 11.1. The first-order valence-electron chi connectivity index (χ1n) is 4.71. The van der Waals surface area contributed by atoms with Crippen LogP contribution in [0.4, 0.5) is 0 Å².